The molecule has 78 valence electrons. The minimum Gasteiger partial charge on any atom is -0.507 e. The van der Waals surface area contributed by atoms with Gasteiger partial charge in [0, 0.05) is 5.39 Å². The van der Waals surface area contributed by atoms with Gasteiger partial charge in [-0.25, -0.2) is 0 Å². The van der Waals surface area contributed by atoms with Crippen LogP contribution in [0.2, 0.25) is 0 Å². The maximum atomic E-state index is 9.93. The van der Waals surface area contributed by atoms with Crippen LogP contribution in [-0.4, -0.2) is 5.11 Å². The molecule has 0 aromatic heterocycles. The number of phenols is 1. The highest BCUT2D eigenvalue weighted by Gasteiger charge is 2.08. The number of fused-ring (bicyclic) bond motifs is 1. The van der Waals surface area contributed by atoms with Gasteiger partial charge >= 0.3 is 0 Å². The second-order valence-corrected chi connectivity index (χ2v) is 4.34. The lowest BCUT2D eigenvalue weighted by Crippen LogP contribution is -1.89. The van der Waals surface area contributed by atoms with Crippen LogP contribution in [0.5, 0.6) is 5.75 Å². The molecule has 0 saturated heterocycles. The molecule has 2 rings (SSSR count). The number of aryl methyl sites for hydroxylation is 4. The van der Waals surface area contributed by atoms with Gasteiger partial charge < -0.3 is 5.11 Å². The van der Waals surface area contributed by atoms with E-state index < -0.39 is 0 Å². The van der Waals surface area contributed by atoms with Crippen molar-refractivity contribution in [2.24, 2.45) is 0 Å². The molecule has 0 saturated carbocycles. The Morgan fingerprint density at radius 1 is 0.867 bits per heavy atom. The van der Waals surface area contributed by atoms with Crippen LogP contribution in [0.15, 0.2) is 18.2 Å². The minimum atomic E-state index is 0.389. The maximum absolute atomic E-state index is 9.93. The van der Waals surface area contributed by atoms with Crippen molar-refractivity contribution >= 4 is 10.8 Å². The first-order chi connectivity index (χ1) is 7.00. The smallest absolute Gasteiger partial charge is 0.123 e. The predicted octanol–water partition coefficient (Wildman–Crippen LogP) is 3.78. The van der Waals surface area contributed by atoms with Crippen LogP contribution < -0.4 is 0 Å². The van der Waals surface area contributed by atoms with E-state index in [0.29, 0.717) is 5.75 Å². The third-order valence-electron chi connectivity index (χ3n) is 3.08. The molecule has 0 heterocycles. The summed E-state index contributed by atoms with van der Waals surface area (Å²) in [6, 6.07) is 6.05. The van der Waals surface area contributed by atoms with Gasteiger partial charge in [0.05, 0.1) is 0 Å². The maximum Gasteiger partial charge on any atom is 0.123 e. The summed E-state index contributed by atoms with van der Waals surface area (Å²) in [5.74, 6) is 0.389. The monoisotopic (exact) mass is 200 g/mol. The molecule has 0 atom stereocenters. The molecule has 1 N–H and O–H groups in total. The first kappa shape index (κ1) is 10.0. The molecule has 0 aliphatic carbocycles. The van der Waals surface area contributed by atoms with Crippen LogP contribution in [0.4, 0.5) is 0 Å². The Hall–Kier alpha value is -1.50. The highest BCUT2D eigenvalue weighted by Crippen LogP contribution is 2.33. The van der Waals surface area contributed by atoms with Crippen LogP contribution >= 0.6 is 0 Å². The molecule has 0 fully saturated rings. The summed E-state index contributed by atoms with van der Waals surface area (Å²) in [5, 5.41) is 12.1. The molecule has 0 aliphatic heterocycles. The van der Waals surface area contributed by atoms with Crippen molar-refractivity contribution in [3.8, 4) is 5.75 Å². The van der Waals surface area contributed by atoms with Crippen LogP contribution in [0, 0.1) is 27.7 Å². The lowest BCUT2D eigenvalue weighted by atomic mass is 9.95. The van der Waals surface area contributed by atoms with Crippen molar-refractivity contribution in [2.75, 3.05) is 0 Å². The Bertz CT molecular complexity index is 539. The summed E-state index contributed by atoms with van der Waals surface area (Å²) in [6.07, 6.45) is 0. The number of hydrogen-bond donors (Lipinski definition) is 1. The molecule has 2 aromatic rings. The molecular weight excluding hydrogens is 184 g/mol. The zero-order valence-corrected chi connectivity index (χ0v) is 9.68. The zero-order chi connectivity index (χ0) is 11.2. The Labute approximate surface area is 90.4 Å². The summed E-state index contributed by atoms with van der Waals surface area (Å²) in [4.78, 5) is 0. The number of phenolic OH excluding ortho intramolecular Hbond substituents is 1. The number of benzene rings is 2. The van der Waals surface area contributed by atoms with Crippen LogP contribution in [-0.2, 0) is 0 Å². The molecule has 0 amide bonds. The fourth-order valence-corrected chi connectivity index (χ4v) is 2.26. The van der Waals surface area contributed by atoms with E-state index in [-0.39, 0.29) is 0 Å². The number of aromatic hydroxyl groups is 1. The van der Waals surface area contributed by atoms with E-state index in [4.69, 9.17) is 0 Å². The molecule has 2 aromatic carbocycles. The molecule has 1 nitrogen and oxygen atoms in total. The van der Waals surface area contributed by atoms with Gasteiger partial charge in [0.1, 0.15) is 5.75 Å². The SMILES string of the molecule is Cc1cc(C)c2c(C)c(C)cc(O)c2c1. The third kappa shape index (κ3) is 1.48. The van der Waals surface area contributed by atoms with Gasteiger partial charge in [-0.3, -0.25) is 0 Å². The van der Waals surface area contributed by atoms with Crippen molar-refractivity contribution in [1.29, 1.82) is 0 Å². The van der Waals surface area contributed by atoms with Gasteiger partial charge in [0.2, 0.25) is 0 Å². The summed E-state index contributed by atoms with van der Waals surface area (Å²) in [7, 11) is 0. The normalized spacial score (nSPS) is 10.9. The van der Waals surface area contributed by atoms with E-state index in [1.807, 2.05) is 19.1 Å². The standard InChI is InChI=1S/C14H16O/c1-8-5-10(3)14-11(4)9(2)7-13(15)12(14)6-8/h5-7,15H,1-4H3. The van der Waals surface area contributed by atoms with Gasteiger partial charge in [-0.1, -0.05) is 11.6 Å². The van der Waals surface area contributed by atoms with Crippen molar-refractivity contribution in [3.63, 3.8) is 0 Å². The van der Waals surface area contributed by atoms with Crippen LogP contribution in [0.25, 0.3) is 10.8 Å². The Balaban J connectivity index is 3.03. The Morgan fingerprint density at radius 3 is 2.20 bits per heavy atom. The van der Waals surface area contributed by atoms with Crippen molar-refractivity contribution in [2.45, 2.75) is 27.7 Å². The molecule has 0 aliphatic rings. The van der Waals surface area contributed by atoms with Crippen LogP contribution in [0.1, 0.15) is 22.3 Å². The highest BCUT2D eigenvalue weighted by atomic mass is 16.3. The van der Waals surface area contributed by atoms with Gasteiger partial charge in [-0.2, -0.15) is 0 Å². The molecule has 1 heteroatoms. The van der Waals surface area contributed by atoms with Crippen LogP contribution in [0.3, 0.4) is 0 Å². The average Bonchev–Trinajstić information content (AvgIpc) is 2.13. The zero-order valence-electron chi connectivity index (χ0n) is 9.68. The minimum absolute atomic E-state index is 0.389. The first-order valence-corrected chi connectivity index (χ1v) is 5.21. The molecule has 0 bridgehead atoms. The third-order valence-corrected chi connectivity index (χ3v) is 3.08. The fourth-order valence-electron chi connectivity index (χ4n) is 2.26. The lowest BCUT2D eigenvalue weighted by molar-refractivity contribution is 0.481. The number of hydrogen-bond acceptors (Lipinski definition) is 1. The lowest BCUT2D eigenvalue weighted by Gasteiger charge is -2.11. The van der Waals surface area contributed by atoms with E-state index in [1.54, 1.807) is 0 Å². The Morgan fingerprint density at radius 2 is 1.53 bits per heavy atom. The fraction of sp³-hybridized carbons (Fsp3) is 0.286. The molecule has 15 heavy (non-hydrogen) atoms. The van der Waals surface area contributed by atoms with Gasteiger partial charge in [0.15, 0.2) is 0 Å². The molecule has 0 spiro atoms. The summed E-state index contributed by atoms with van der Waals surface area (Å²) < 4.78 is 0. The van der Waals surface area contributed by atoms with Gasteiger partial charge in [0.25, 0.3) is 0 Å². The second kappa shape index (κ2) is 3.27. The highest BCUT2D eigenvalue weighted by molar-refractivity contribution is 5.94. The number of rotatable bonds is 0. The van der Waals surface area contributed by atoms with Crippen molar-refractivity contribution in [3.05, 3.63) is 40.5 Å². The second-order valence-electron chi connectivity index (χ2n) is 4.34. The molecular formula is C14H16O. The average molecular weight is 200 g/mol. The van der Waals surface area contributed by atoms with E-state index in [2.05, 4.69) is 26.8 Å². The molecule has 0 unspecified atom stereocenters. The van der Waals surface area contributed by atoms with E-state index in [1.165, 1.54) is 22.1 Å². The van der Waals surface area contributed by atoms with E-state index >= 15 is 0 Å². The Kier molecular flexibility index (Phi) is 2.18. The van der Waals surface area contributed by atoms with Crippen molar-refractivity contribution < 1.29 is 5.11 Å². The summed E-state index contributed by atoms with van der Waals surface area (Å²) in [5.41, 5.74) is 4.84. The topological polar surface area (TPSA) is 20.2 Å². The van der Waals surface area contributed by atoms with Crippen molar-refractivity contribution in [1.82, 2.24) is 0 Å². The van der Waals surface area contributed by atoms with E-state index in [0.717, 1.165) is 10.9 Å². The van der Waals surface area contributed by atoms with Gasteiger partial charge in [-0.15, -0.1) is 0 Å². The quantitative estimate of drug-likeness (QED) is 0.686. The molecule has 0 radical (unpaired) electrons. The van der Waals surface area contributed by atoms with E-state index in [9.17, 15) is 5.11 Å². The predicted molar refractivity (Wildman–Crippen MR) is 64.6 cm³/mol. The van der Waals surface area contributed by atoms with Gasteiger partial charge in [-0.05, 0) is 61.9 Å². The first-order valence-electron chi connectivity index (χ1n) is 5.21. The largest absolute Gasteiger partial charge is 0.507 e. The summed E-state index contributed by atoms with van der Waals surface area (Å²) in [6.45, 7) is 8.30. The summed E-state index contributed by atoms with van der Waals surface area (Å²) >= 11 is 0.